The van der Waals surface area contributed by atoms with Crippen LogP contribution >= 0.6 is 11.6 Å². The van der Waals surface area contributed by atoms with Gasteiger partial charge in [-0.1, -0.05) is 6.92 Å². The van der Waals surface area contributed by atoms with Gasteiger partial charge in [-0.05, 0) is 6.42 Å². The van der Waals surface area contributed by atoms with E-state index in [1.54, 1.807) is 0 Å². The quantitative estimate of drug-likeness (QED) is 0.514. The molecule has 0 bridgehead atoms. The zero-order valence-corrected chi connectivity index (χ0v) is 8.03. The number of hydrogen-bond acceptors (Lipinski definition) is 1. The Morgan fingerprint density at radius 3 is 2.83 bits per heavy atom. The molecule has 0 rings (SSSR count). The largest absolute Gasteiger partial charge is 0.352 e. The van der Waals surface area contributed by atoms with Crippen LogP contribution in [0.1, 0.15) is 26.2 Å². The van der Waals surface area contributed by atoms with Gasteiger partial charge in [0.25, 0.3) is 0 Å². The Hall–Kier alpha value is -0.680. The highest BCUT2D eigenvalue weighted by Crippen LogP contribution is 1.96. The second kappa shape index (κ2) is 7.00. The summed E-state index contributed by atoms with van der Waals surface area (Å²) in [5, 5.41) is 2.80. The molecule has 0 saturated heterocycles. The molecule has 0 aromatic carbocycles. The van der Waals surface area contributed by atoms with Crippen LogP contribution in [0.2, 0.25) is 0 Å². The monoisotopic (exact) mass is 187 g/mol. The van der Waals surface area contributed by atoms with E-state index in [-0.39, 0.29) is 11.9 Å². The van der Waals surface area contributed by atoms with Crippen LogP contribution in [0.4, 0.5) is 0 Å². The zero-order chi connectivity index (χ0) is 9.40. The normalized spacial score (nSPS) is 11.8. The lowest BCUT2D eigenvalue weighted by atomic mass is 10.1. The van der Waals surface area contributed by atoms with E-state index in [9.17, 15) is 4.79 Å². The summed E-state index contributed by atoms with van der Waals surface area (Å²) < 4.78 is 0. The lowest BCUT2D eigenvalue weighted by Crippen LogP contribution is -2.34. The summed E-state index contributed by atoms with van der Waals surface area (Å²) in [7, 11) is 0. The summed E-state index contributed by atoms with van der Waals surface area (Å²) >= 11 is 5.40. The van der Waals surface area contributed by atoms with Gasteiger partial charge in [-0.2, -0.15) is 0 Å². The van der Waals surface area contributed by atoms with E-state index in [2.05, 4.69) is 11.2 Å². The van der Waals surface area contributed by atoms with E-state index in [0.29, 0.717) is 18.7 Å². The molecular weight excluding hydrogens is 174 g/mol. The summed E-state index contributed by atoms with van der Waals surface area (Å²) in [6.07, 6.45) is 6.94. The van der Waals surface area contributed by atoms with Crippen LogP contribution in [0.3, 0.4) is 0 Å². The summed E-state index contributed by atoms with van der Waals surface area (Å²) in [6.45, 7) is 1.99. The highest BCUT2D eigenvalue weighted by Gasteiger charge is 2.07. The molecule has 1 atom stereocenters. The zero-order valence-electron chi connectivity index (χ0n) is 7.27. The molecule has 0 aliphatic rings. The third-order valence-electron chi connectivity index (χ3n) is 1.54. The molecule has 12 heavy (non-hydrogen) atoms. The number of terminal acetylenes is 1. The minimum Gasteiger partial charge on any atom is -0.352 e. The number of halogens is 1. The minimum atomic E-state index is -0.0212. The molecule has 0 fully saturated rings. The summed E-state index contributed by atoms with van der Waals surface area (Å²) in [6, 6.07) is 0.103. The number of nitrogens with one attached hydrogen (secondary N) is 1. The van der Waals surface area contributed by atoms with Crippen molar-refractivity contribution in [3.8, 4) is 12.3 Å². The molecule has 0 spiro atoms. The van der Waals surface area contributed by atoms with Gasteiger partial charge >= 0.3 is 0 Å². The Morgan fingerprint density at radius 2 is 2.42 bits per heavy atom. The van der Waals surface area contributed by atoms with Crippen molar-refractivity contribution in [3.63, 3.8) is 0 Å². The third-order valence-corrected chi connectivity index (χ3v) is 1.73. The minimum absolute atomic E-state index is 0.0212. The molecule has 0 aromatic heterocycles. The first-order chi connectivity index (χ1) is 5.74. The van der Waals surface area contributed by atoms with E-state index < -0.39 is 0 Å². The Bertz CT molecular complexity index is 174. The molecule has 2 nitrogen and oxygen atoms in total. The van der Waals surface area contributed by atoms with Gasteiger partial charge in [0.1, 0.15) is 0 Å². The predicted molar refractivity (Wildman–Crippen MR) is 51.0 cm³/mol. The summed E-state index contributed by atoms with van der Waals surface area (Å²) in [5.41, 5.74) is 0. The van der Waals surface area contributed by atoms with E-state index in [1.165, 1.54) is 0 Å². The first-order valence-corrected chi connectivity index (χ1v) is 4.56. The van der Waals surface area contributed by atoms with Crippen LogP contribution in [0.25, 0.3) is 0 Å². The number of alkyl halides is 1. The van der Waals surface area contributed by atoms with Crippen LogP contribution in [0.5, 0.6) is 0 Å². The third kappa shape index (κ3) is 5.03. The maximum absolute atomic E-state index is 11.0. The second-order valence-corrected chi connectivity index (χ2v) is 2.90. The lowest BCUT2D eigenvalue weighted by molar-refractivity contribution is -0.121. The standard InChI is InChI=1S/C9H14ClNO/c1-3-5-8(4-2)11-9(12)6-7-10/h1,8H,4-7H2,2H3,(H,11,12). The summed E-state index contributed by atoms with van der Waals surface area (Å²) in [4.78, 5) is 11.0. The first kappa shape index (κ1) is 11.3. The molecule has 0 heterocycles. The van der Waals surface area contributed by atoms with E-state index in [4.69, 9.17) is 18.0 Å². The van der Waals surface area contributed by atoms with Gasteiger partial charge in [0.05, 0.1) is 0 Å². The fourth-order valence-corrected chi connectivity index (χ4v) is 0.997. The Kier molecular flexibility index (Phi) is 6.60. The highest BCUT2D eigenvalue weighted by molar-refractivity contribution is 6.18. The van der Waals surface area contributed by atoms with Gasteiger partial charge in [-0.25, -0.2) is 0 Å². The second-order valence-electron chi connectivity index (χ2n) is 2.52. The molecular formula is C9H14ClNO. The lowest BCUT2D eigenvalue weighted by Gasteiger charge is -2.13. The van der Waals surface area contributed by atoms with Crippen molar-refractivity contribution in [2.45, 2.75) is 32.2 Å². The Morgan fingerprint density at radius 1 is 1.75 bits per heavy atom. The molecule has 68 valence electrons. The van der Waals surface area contributed by atoms with Crippen LogP contribution in [-0.4, -0.2) is 17.8 Å². The molecule has 0 radical (unpaired) electrons. The van der Waals surface area contributed by atoms with Gasteiger partial charge in [0.15, 0.2) is 0 Å². The Balaban J connectivity index is 3.70. The fourth-order valence-electron chi connectivity index (χ4n) is 0.825. The molecule has 1 unspecified atom stereocenters. The van der Waals surface area contributed by atoms with Crippen molar-refractivity contribution in [1.29, 1.82) is 0 Å². The van der Waals surface area contributed by atoms with Crippen LogP contribution in [0.15, 0.2) is 0 Å². The average molecular weight is 188 g/mol. The SMILES string of the molecule is C#CCC(CC)NC(=O)CCCl. The van der Waals surface area contributed by atoms with Crippen molar-refractivity contribution in [3.05, 3.63) is 0 Å². The van der Waals surface area contributed by atoms with Gasteiger partial charge in [-0.15, -0.1) is 23.9 Å². The number of hydrogen-bond donors (Lipinski definition) is 1. The summed E-state index contributed by atoms with van der Waals surface area (Å²) in [5.74, 6) is 2.86. The van der Waals surface area contributed by atoms with Crippen LogP contribution in [0, 0.1) is 12.3 Å². The van der Waals surface area contributed by atoms with E-state index in [0.717, 1.165) is 6.42 Å². The average Bonchev–Trinajstić information content (AvgIpc) is 2.04. The molecule has 1 amide bonds. The highest BCUT2D eigenvalue weighted by atomic mass is 35.5. The van der Waals surface area contributed by atoms with Crippen molar-refractivity contribution in [2.75, 3.05) is 5.88 Å². The maximum atomic E-state index is 11.0. The molecule has 0 aliphatic carbocycles. The smallest absolute Gasteiger partial charge is 0.221 e. The topological polar surface area (TPSA) is 29.1 Å². The number of amides is 1. The van der Waals surface area contributed by atoms with Crippen LogP contribution < -0.4 is 5.32 Å². The molecule has 0 aliphatic heterocycles. The fraction of sp³-hybridized carbons (Fsp3) is 0.667. The molecule has 3 heteroatoms. The predicted octanol–water partition coefficient (Wildman–Crippen LogP) is 1.53. The van der Waals surface area contributed by atoms with Crippen LogP contribution in [-0.2, 0) is 4.79 Å². The van der Waals surface area contributed by atoms with Crippen molar-refractivity contribution < 1.29 is 4.79 Å². The van der Waals surface area contributed by atoms with Gasteiger partial charge < -0.3 is 5.32 Å². The van der Waals surface area contributed by atoms with Crippen molar-refractivity contribution >= 4 is 17.5 Å². The molecule has 0 aromatic rings. The van der Waals surface area contributed by atoms with Gasteiger partial charge in [-0.3, -0.25) is 4.79 Å². The van der Waals surface area contributed by atoms with E-state index >= 15 is 0 Å². The number of carbonyl (C=O) groups is 1. The van der Waals surface area contributed by atoms with Crippen molar-refractivity contribution in [1.82, 2.24) is 5.32 Å². The number of rotatable bonds is 5. The first-order valence-electron chi connectivity index (χ1n) is 4.03. The maximum Gasteiger partial charge on any atom is 0.221 e. The van der Waals surface area contributed by atoms with Gasteiger partial charge in [0.2, 0.25) is 5.91 Å². The molecule has 1 N–H and O–H groups in total. The number of carbonyl (C=O) groups excluding carboxylic acids is 1. The van der Waals surface area contributed by atoms with Crippen molar-refractivity contribution in [2.24, 2.45) is 0 Å². The van der Waals surface area contributed by atoms with Gasteiger partial charge in [0, 0.05) is 24.8 Å². The molecule has 0 saturated carbocycles. The Labute approximate surface area is 78.7 Å². The van der Waals surface area contributed by atoms with E-state index in [1.807, 2.05) is 6.92 Å².